The van der Waals surface area contributed by atoms with Crippen molar-refractivity contribution in [2.75, 3.05) is 37.8 Å². The second kappa shape index (κ2) is 5.90. The molecule has 0 aromatic carbocycles. The van der Waals surface area contributed by atoms with Gasteiger partial charge < -0.3 is 15.5 Å². The van der Waals surface area contributed by atoms with Crippen molar-refractivity contribution in [3.05, 3.63) is 10.4 Å². The smallest absolute Gasteiger partial charge is 0.148 e. The summed E-state index contributed by atoms with van der Waals surface area (Å²) in [6, 6.07) is 0.590. The summed E-state index contributed by atoms with van der Waals surface area (Å²) >= 11 is 3.15. The van der Waals surface area contributed by atoms with Gasteiger partial charge in [-0.25, -0.2) is 4.98 Å². The third kappa shape index (κ3) is 2.90. The highest BCUT2D eigenvalue weighted by Crippen LogP contribution is 2.40. The third-order valence-corrected chi connectivity index (χ3v) is 5.69. The molecule has 0 spiro atoms. The lowest BCUT2D eigenvalue weighted by atomic mass is 10.0. The molecule has 1 saturated heterocycles. The average Bonchev–Trinajstić information content (AvgIpc) is 3.04. The summed E-state index contributed by atoms with van der Waals surface area (Å²) in [4.78, 5) is 9.32. The van der Waals surface area contributed by atoms with Crippen molar-refractivity contribution in [1.82, 2.24) is 14.3 Å². The molecule has 2 N–H and O–H groups in total. The molecule has 1 aliphatic rings. The van der Waals surface area contributed by atoms with Crippen LogP contribution in [0.15, 0.2) is 5.38 Å². The minimum atomic E-state index is 0.590. The molecule has 7 heteroatoms. The lowest BCUT2D eigenvalue weighted by Crippen LogP contribution is -2.45. The van der Waals surface area contributed by atoms with Crippen LogP contribution in [0.2, 0.25) is 0 Å². The van der Waals surface area contributed by atoms with E-state index >= 15 is 0 Å². The summed E-state index contributed by atoms with van der Waals surface area (Å²) in [5, 5.41) is 4.31. The molecule has 1 fully saturated rings. The van der Waals surface area contributed by atoms with E-state index in [4.69, 9.17) is 5.73 Å². The quantitative estimate of drug-likeness (QED) is 0.941. The van der Waals surface area contributed by atoms with E-state index in [9.17, 15) is 0 Å². The summed E-state index contributed by atoms with van der Waals surface area (Å²) < 4.78 is 4.38. The van der Waals surface area contributed by atoms with Crippen molar-refractivity contribution in [2.45, 2.75) is 25.8 Å². The van der Waals surface area contributed by atoms with Crippen molar-refractivity contribution in [3.8, 4) is 11.3 Å². The first kappa shape index (κ1) is 14.7. The largest absolute Gasteiger partial charge is 0.382 e. The van der Waals surface area contributed by atoms with E-state index in [2.05, 4.69) is 38.6 Å². The van der Waals surface area contributed by atoms with Gasteiger partial charge in [0.1, 0.15) is 10.8 Å². The number of likely N-dealkylation sites (N-methyl/N-ethyl adjacent to an activating group) is 1. The zero-order valence-corrected chi connectivity index (χ0v) is 14.3. The number of rotatable bonds is 3. The van der Waals surface area contributed by atoms with Crippen molar-refractivity contribution in [1.29, 1.82) is 0 Å². The fourth-order valence-corrected chi connectivity index (χ4v) is 4.25. The van der Waals surface area contributed by atoms with Crippen molar-refractivity contribution in [3.63, 3.8) is 0 Å². The summed E-state index contributed by atoms with van der Waals surface area (Å²) in [5.74, 6) is 0.604. The Hall–Kier alpha value is -1.18. The number of piperidine rings is 1. The molecule has 0 radical (unpaired) electrons. The summed E-state index contributed by atoms with van der Waals surface area (Å²) in [6.45, 7) is 4.12. The second-order valence-corrected chi connectivity index (χ2v) is 7.52. The maximum absolute atomic E-state index is 6.11. The maximum atomic E-state index is 6.11. The van der Waals surface area contributed by atoms with Crippen LogP contribution in [-0.2, 0) is 0 Å². The van der Waals surface area contributed by atoms with E-state index in [0.717, 1.165) is 29.4 Å². The number of nitrogen functional groups attached to an aromatic ring is 1. The monoisotopic (exact) mass is 323 g/mol. The topological polar surface area (TPSA) is 58.3 Å². The van der Waals surface area contributed by atoms with Gasteiger partial charge in [0.25, 0.3) is 0 Å². The van der Waals surface area contributed by atoms with Gasteiger partial charge in [0.2, 0.25) is 0 Å². The molecule has 3 rings (SSSR count). The molecule has 2 aromatic rings. The third-order valence-electron chi connectivity index (χ3n) is 3.99. The first-order chi connectivity index (χ1) is 10.1. The van der Waals surface area contributed by atoms with Crippen LogP contribution in [0.5, 0.6) is 0 Å². The van der Waals surface area contributed by atoms with Gasteiger partial charge in [-0.05, 0) is 45.4 Å². The number of nitrogens with two attached hydrogens (primary N) is 1. The molecule has 0 aliphatic carbocycles. The van der Waals surface area contributed by atoms with Crippen LogP contribution in [-0.4, -0.2) is 47.5 Å². The van der Waals surface area contributed by atoms with Crippen molar-refractivity contribution < 1.29 is 0 Å². The summed E-state index contributed by atoms with van der Waals surface area (Å²) in [7, 11) is 4.31. The van der Waals surface area contributed by atoms with Crippen LogP contribution in [0, 0.1) is 6.92 Å². The Balaban J connectivity index is 1.92. The van der Waals surface area contributed by atoms with Gasteiger partial charge >= 0.3 is 0 Å². The number of hydrogen-bond acceptors (Lipinski definition) is 7. The van der Waals surface area contributed by atoms with E-state index in [-0.39, 0.29) is 0 Å². The minimum Gasteiger partial charge on any atom is -0.382 e. The molecule has 1 aliphatic heterocycles. The standard InChI is InChI=1S/C14H21N5S2/c1-9-16-11(8-20-9)12-13(15)17-21-14(12)19-6-4-5-10(7-19)18(2)3/h8,10H,4-7H2,1-3H3,(H2,15,17). The Morgan fingerprint density at radius 2 is 2.24 bits per heavy atom. The Morgan fingerprint density at radius 3 is 2.90 bits per heavy atom. The Labute approximate surface area is 133 Å². The predicted molar refractivity (Wildman–Crippen MR) is 91.3 cm³/mol. The first-order valence-corrected chi connectivity index (χ1v) is 8.80. The lowest BCUT2D eigenvalue weighted by molar-refractivity contribution is 0.258. The number of hydrogen-bond donors (Lipinski definition) is 1. The molecular weight excluding hydrogens is 302 g/mol. The highest BCUT2D eigenvalue weighted by Gasteiger charge is 2.27. The van der Waals surface area contributed by atoms with Crippen molar-refractivity contribution in [2.24, 2.45) is 0 Å². The molecule has 21 heavy (non-hydrogen) atoms. The zero-order chi connectivity index (χ0) is 15.0. The van der Waals surface area contributed by atoms with Crippen LogP contribution in [0.1, 0.15) is 17.8 Å². The molecule has 114 valence electrons. The number of aromatic nitrogens is 2. The van der Waals surface area contributed by atoms with Gasteiger partial charge in [-0.1, -0.05) is 0 Å². The Morgan fingerprint density at radius 1 is 1.43 bits per heavy atom. The molecule has 0 amide bonds. The fraction of sp³-hybridized carbons (Fsp3) is 0.571. The molecular formula is C14H21N5S2. The minimum absolute atomic E-state index is 0.590. The van der Waals surface area contributed by atoms with E-state index in [0.29, 0.717) is 11.9 Å². The highest BCUT2D eigenvalue weighted by atomic mass is 32.1. The van der Waals surface area contributed by atoms with Gasteiger partial charge in [-0.2, -0.15) is 4.37 Å². The molecule has 5 nitrogen and oxygen atoms in total. The number of nitrogens with zero attached hydrogens (tertiary/aromatic N) is 4. The number of aryl methyl sites for hydroxylation is 1. The average molecular weight is 323 g/mol. The summed E-state index contributed by atoms with van der Waals surface area (Å²) in [6.07, 6.45) is 2.46. The molecule has 0 bridgehead atoms. The van der Waals surface area contributed by atoms with E-state index in [1.54, 1.807) is 11.3 Å². The van der Waals surface area contributed by atoms with Gasteiger partial charge in [0.15, 0.2) is 0 Å². The SMILES string of the molecule is Cc1nc(-c2c(N)nsc2N2CCCC(N(C)C)C2)cs1. The maximum Gasteiger partial charge on any atom is 0.148 e. The van der Waals surface area contributed by atoms with E-state index in [1.807, 2.05) is 6.92 Å². The second-order valence-electron chi connectivity index (χ2n) is 5.71. The van der Waals surface area contributed by atoms with Crippen LogP contribution < -0.4 is 10.6 Å². The van der Waals surface area contributed by atoms with Gasteiger partial charge in [-0.15, -0.1) is 11.3 Å². The molecule has 1 unspecified atom stereocenters. The van der Waals surface area contributed by atoms with Crippen LogP contribution in [0.4, 0.5) is 10.8 Å². The highest BCUT2D eigenvalue weighted by molar-refractivity contribution is 7.11. The fourth-order valence-electron chi connectivity index (χ4n) is 2.79. The number of anilines is 2. The molecule has 1 atom stereocenters. The van der Waals surface area contributed by atoms with Crippen LogP contribution >= 0.6 is 22.9 Å². The lowest BCUT2D eigenvalue weighted by Gasteiger charge is -2.36. The molecule has 2 aromatic heterocycles. The van der Waals surface area contributed by atoms with Crippen molar-refractivity contribution >= 4 is 33.7 Å². The molecule has 0 saturated carbocycles. The Bertz CT molecular complexity index is 619. The zero-order valence-electron chi connectivity index (χ0n) is 12.7. The number of thiazole rings is 1. The Kier molecular flexibility index (Phi) is 4.14. The van der Waals surface area contributed by atoms with E-state index < -0.39 is 0 Å². The van der Waals surface area contributed by atoms with Gasteiger partial charge in [-0.3, -0.25) is 0 Å². The normalized spacial score (nSPS) is 19.4. The summed E-state index contributed by atoms with van der Waals surface area (Å²) in [5.41, 5.74) is 8.09. The predicted octanol–water partition coefficient (Wildman–Crippen LogP) is 2.69. The van der Waals surface area contributed by atoms with Gasteiger partial charge in [0.05, 0.1) is 16.3 Å². The van der Waals surface area contributed by atoms with Gasteiger partial charge in [0, 0.05) is 24.5 Å². The van der Waals surface area contributed by atoms with E-state index in [1.165, 1.54) is 29.4 Å². The molecule has 3 heterocycles. The van der Waals surface area contributed by atoms with Crippen LogP contribution in [0.25, 0.3) is 11.3 Å². The first-order valence-electron chi connectivity index (χ1n) is 7.15. The van der Waals surface area contributed by atoms with Crippen LogP contribution in [0.3, 0.4) is 0 Å².